The lowest BCUT2D eigenvalue weighted by molar-refractivity contribution is 0.857. The zero-order valence-corrected chi connectivity index (χ0v) is 15.8. The number of para-hydroxylation sites is 1. The van der Waals surface area contributed by atoms with Crippen molar-refractivity contribution in [2.45, 2.75) is 38.3 Å². The molecular weight excluding hydrogens is 342 g/mol. The number of hydrogen-bond donors (Lipinski definition) is 0. The van der Waals surface area contributed by atoms with E-state index in [0.717, 1.165) is 35.1 Å². The summed E-state index contributed by atoms with van der Waals surface area (Å²) in [6.45, 7) is 4.32. The number of benzene rings is 1. The Bertz CT molecular complexity index is 889. The van der Waals surface area contributed by atoms with E-state index < -0.39 is 0 Å². The van der Waals surface area contributed by atoms with Crippen LogP contribution in [0.4, 0.5) is 0 Å². The maximum Gasteiger partial charge on any atom is 0.196 e. The molecule has 132 valence electrons. The molecule has 0 fully saturated rings. The molecule has 0 saturated carbocycles. The third kappa shape index (κ3) is 3.63. The molecule has 2 aromatic heterocycles. The molecule has 2 heterocycles. The lowest BCUT2D eigenvalue weighted by Gasteiger charge is -2.17. The Morgan fingerprint density at radius 2 is 1.85 bits per heavy atom. The van der Waals surface area contributed by atoms with E-state index in [2.05, 4.69) is 57.9 Å². The van der Waals surface area contributed by atoms with E-state index in [9.17, 15) is 0 Å². The van der Waals surface area contributed by atoms with Gasteiger partial charge in [-0.05, 0) is 36.1 Å². The third-order valence-electron chi connectivity index (χ3n) is 4.19. The van der Waals surface area contributed by atoms with Crippen LogP contribution >= 0.6 is 11.8 Å². The summed E-state index contributed by atoms with van der Waals surface area (Å²) in [5, 5.41) is 18.6. The molecule has 1 aromatic carbocycles. The minimum absolute atomic E-state index is 0.482. The Kier molecular flexibility index (Phi) is 6.03. The fraction of sp³-hybridized carbons (Fsp3) is 0.300. The lowest BCUT2D eigenvalue weighted by Crippen LogP contribution is -2.07. The van der Waals surface area contributed by atoms with Gasteiger partial charge < -0.3 is 0 Å². The van der Waals surface area contributed by atoms with Gasteiger partial charge >= 0.3 is 0 Å². The first-order chi connectivity index (χ1) is 12.8. The van der Waals surface area contributed by atoms with Crippen LogP contribution in [0.3, 0.4) is 0 Å². The Hall–Kier alpha value is -2.65. The van der Waals surface area contributed by atoms with Crippen LogP contribution in [0, 0.1) is 11.3 Å². The summed E-state index contributed by atoms with van der Waals surface area (Å²) in [4.78, 5) is 4.23. The molecule has 3 rings (SSSR count). The Morgan fingerprint density at radius 1 is 1.08 bits per heavy atom. The Balaban J connectivity index is 2.21. The van der Waals surface area contributed by atoms with E-state index >= 15 is 0 Å². The number of aromatic nitrogens is 4. The van der Waals surface area contributed by atoms with Crippen molar-refractivity contribution in [3.63, 3.8) is 0 Å². The maximum atomic E-state index is 8.86. The van der Waals surface area contributed by atoms with Gasteiger partial charge in [0, 0.05) is 30.1 Å². The van der Waals surface area contributed by atoms with Crippen molar-refractivity contribution in [3.8, 4) is 23.1 Å². The van der Waals surface area contributed by atoms with Crippen molar-refractivity contribution in [1.29, 1.82) is 5.26 Å². The van der Waals surface area contributed by atoms with Gasteiger partial charge in [-0.2, -0.15) is 5.26 Å². The molecule has 3 aromatic rings. The molecule has 0 unspecified atom stereocenters. The van der Waals surface area contributed by atoms with Gasteiger partial charge in [-0.15, -0.1) is 10.2 Å². The summed E-state index contributed by atoms with van der Waals surface area (Å²) in [5.41, 5.74) is 4.61. The summed E-state index contributed by atoms with van der Waals surface area (Å²) in [6, 6.07) is 12.5. The summed E-state index contributed by atoms with van der Waals surface area (Å²) in [5.74, 6) is 1.48. The smallest absolute Gasteiger partial charge is 0.196 e. The number of rotatable bonds is 7. The highest BCUT2D eigenvalue weighted by Gasteiger charge is 2.20. The van der Waals surface area contributed by atoms with Gasteiger partial charge in [0.1, 0.15) is 0 Å². The number of pyridine rings is 1. The summed E-state index contributed by atoms with van der Waals surface area (Å²) in [6.07, 6.45) is 5.90. The maximum absolute atomic E-state index is 8.86. The van der Waals surface area contributed by atoms with Gasteiger partial charge in [0.25, 0.3) is 0 Å². The molecular formula is C20H21N5S. The van der Waals surface area contributed by atoms with Crippen molar-refractivity contribution in [3.05, 3.63) is 53.9 Å². The average molecular weight is 363 g/mol. The number of thioether (sulfide) groups is 1. The van der Waals surface area contributed by atoms with Gasteiger partial charge in [0.05, 0.1) is 11.8 Å². The molecule has 6 heteroatoms. The van der Waals surface area contributed by atoms with Crippen LogP contribution in [0.5, 0.6) is 0 Å². The first kappa shape index (κ1) is 18.2. The molecule has 0 N–H and O–H groups in total. The standard InChI is InChI=1S/C20H21N5S/c1-3-15-8-5-9-16(4-2)18(15)25-19(17-10-6-12-22-14-17)23-24-20(25)26-13-7-11-21/h5-6,8-10,12,14H,3-4,7,13H2,1-2H3. The minimum Gasteiger partial charge on any atom is -0.269 e. The molecule has 0 aliphatic heterocycles. The van der Waals surface area contributed by atoms with Crippen LogP contribution in [0.25, 0.3) is 17.1 Å². The second kappa shape index (κ2) is 8.63. The number of nitriles is 1. The zero-order chi connectivity index (χ0) is 18.4. The average Bonchev–Trinajstić information content (AvgIpc) is 3.11. The van der Waals surface area contributed by atoms with Crippen molar-refractivity contribution >= 4 is 11.8 Å². The topological polar surface area (TPSA) is 67.4 Å². The van der Waals surface area contributed by atoms with Crippen LogP contribution in [0.15, 0.2) is 47.9 Å². The highest BCUT2D eigenvalue weighted by Crippen LogP contribution is 2.32. The monoisotopic (exact) mass is 363 g/mol. The first-order valence-corrected chi connectivity index (χ1v) is 9.75. The number of nitrogens with zero attached hydrogens (tertiary/aromatic N) is 5. The van der Waals surface area contributed by atoms with E-state index in [-0.39, 0.29) is 0 Å². The summed E-state index contributed by atoms with van der Waals surface area (Å²) in [7, 11) is 0. The van der Waals surface area contributed by atoms with E-state index in [1.807, 2.05) is 18.3 Å². The van der Waals surface area contributed by atoms with E-state index in [0.29, 0.717) is 12.2 Å². The second-order valence-corrected chi connectivity index (χ2v) is 6.83. The molecule has 0 spiro atoms. The predicted molar refractivity (Wildman–Crippen MR) is 104 cm³/mol. The van der Waals surface area contributed by atoms with Crippen molar-refractivity contribution in [2.24, 2.45) is 0 Å². The largest absolute Gasteiger partial charge is 0.269 e. The molecule has 0 aliphatic carbocycles. The lowest BCUT2D eigenvalue weighted by atomic mass is 10.0. The highest BCUT2D eigenvalue weighted by atomic mass is 32.2. The molecule has 0 radical (unpaired) electrons. The van der Waals surface area contributed by atoms with E-state index in [4.69, 9.17) is 5.26 Å². The highest BCUT2D eigenvalue weighted by molar-refractivity contribution is 7.99. The van der Waals surface area contributed by atoms with Crippen LogP contribution in [0.1, 0.15) is 31.4 Å². The molecule has 0 aliphatic rings. The predicted octanol–water partition coefficient (Wildman–Crippen LogP) is 4.46. The van der Waals surface area contributed by atoms with Gasteiger partial charge in [-0.25, -0.2) is 0 Å². The molecule has 26 heavy (non-hydrogen) atoms. The molecule has 0 bridgehead atoms. The summed E-state index contributed by atoms with van der Waals surface area (Å²) < 4.78 is 2.14. The van der Waals surface area contributed by atoms with Gasteiger partial charge in [0.2, 0.25) is 0 Å². The molecule has 0 amide bonds. The van der Waals surface area contributed by atoms with Crippen LogP contribution in [0.2, 0.25) is 0 Å². The normalized spacial score (nSPS) is 10.7. The zero-order valence-electron chi connectivity index (χ0n) is 15.0. The second-order valence-electron chi connectivity index (χ2n) is 5.77. The van der Waals surface area contributed by atoms with Crippen LogP contribution in [-0.2, 0) is 12.8 Å². The van der Waals surface area contributed by atoms with Crippen LogP contribution in [-0.4, -0.2) is 25.5 Å². The third-order valence-corrected chi connectivity index (χ3v) is 5.12. The Labute approximate surface area is 158 Å². The first-order valence-electron chi connectivity index (χ1n) is 8.76. The van der Waals surface area contributed by atoms with Gasteiger partial charge in [-0.1, -0.05) is 43.8 Å². The van der Waals surface area contributed by atoms with Gasteiger partial charge in [0.15, 0.2) is 11.0 Å². The number of hydrogen-bond acceptors (Lipinski definition) is 5. The summed E-state index contributed by atoms with van der Waals surface area (Å²) >= 11 is 1.57. The van der Waals surface area contributed by atoms with Gasteiger partial charge in [-0.3, -0.25) is 9.55 Å². The van der Waals surface area contributed by atoms with Crippen molar-refractivity contribution < 1.29 is 0 Å². The van der Waals surface area contributed by atoms with Crippen molar-refractivity contribution in [2.75, 3.05) is 5.75 Å². The SMILES string of the molecule is CCc1cccc(CC)c1-n1c(SCCC#N)nnc1-c1cccnc1. The minimum atomic E-state index is 0.482. The van der Waals surface area contributed by atoms with E-state index in [1.165, 1.54) is 11.1 Å². The number of aryl methyl sites for hydroxylation is 2. The fourth-order valence-electron chi connectivity index (χ4n) is 2.94. The fourth-order valence-corrected chi connectivity index (χ4v) is 3.72. The van der Waals surface area contributed by atoms with E-state index in [1.54, 1.807) is 18.0 Å². The van der Waals surface area contributed by atoms with Crippen LogP contribution < -0.4 is 0 Å². The quantitative estimate of drug-likeness (QED) is 0.458. The molecule has 0 saturated heterocycles. The Morgan fingerprint density at radius 3 is 2.46 bits per heavy atom. The molecule has 5 nitrogen and oxygen atoms in total. The van der Waals surface area contributed by atoms with Crippen molar-refractivity contribution in [1.82, 2.24) is 19.7 Å². The molecule has 0 atom stereocenters.